The van der Waals surface area contributed by atoms with Crippen LogP contribution in [0.5, 0.6) is 5.88 Å². The maximum Gasteiger partial charge on any atom is 0.221 e. The van der Waals surface area contributed by atoms with Crippen molar-refractivity contribution in [3.05, 3.63) is 11.9 Å². The van der Waals surface area contributed by atoms with Gasteiger partial charge in [-0.15, -0.1) is 0 Å². The Labute approximate surface area is 115 Å². The number of rotatable bonds is 5. The summed E-state index contributed by atoms with van der Waals surface area (Å²) in [6.07, 6.45) is 5.36. The number of nitrogens with one attached hydrogen (secondary N) is 1. The van der Waals surface area contributed by atoms with Gasteiger partial charge in [0.1, 0.15) is 18.8 Å². The van der Waals surface area contributed by atoms with Gasteiger partial charge in [-0.2, -0.15) is 0 Å². The molecule has 2 rings (SSSR count). The number of anilines is 1. The molecule has 1 aromatic heterocycles. The highest BCUT2D eigenvalue weighted by molar-refractivity contribution is 5.47. The van der Waals surface area contributed by atoms with E-state index in [-0.39, 0.29) is 0 Å². The zero-order valence-corrected chi connectivity index (χ0v) is 12.1. The number of hydrogen-bond acceptors (Lipinski definition) is 5. The van der Waals surface area contributed by atoms with Crippen LogP contribution in [0.2, 0.25) is 0 Å². The van der Waals surface area contributed by atoms with Crippen molar-refractivity contribution in [3.63, 3.8) is 0 Å². The van der Waals surface area contributed by atoms with Gasteiger partial charge < -0.3 is 15.0 Å². The summed E-state index contributed by atoms with van der Waals surface area (Å²) in [5.41, 5.74) is 0.989. The molecule has 1 aliphatic heterocycles. The quantitative estimate of drug-likeness (QED) is 0.882. The summed E-state index contributed by atoms with van der Waals surface area (Å²) >= 11 is 0. The molecule has 5 heteroatoms. The van der Waals surface area contributed by atoms with Crippen molar-refractivity contribution in [1.82, 2.24) is 14.9 Å². The summed E-state index contributed by atoms with van der Waals surface area (Å²) in [6.45, 7) is 6.78. The molecule has 1 unspecified atom stereocenters. The normalized spacial score (nSPS) is 20.3. The average Bonchev–Trinajstić information content (AvgIpc) is 2.42. The number of ether oxygens (including phenoxy) is 1. The molecule has 19 heavy (non-hydrogen) atoms. The third-order valence-electron chi connectivity index (χ3n) is 3.72. The average molecular weight is 264 g/mol. The van der Waals surface area contributed by atoms with Crippen LogP contribution in [-0.4, -0.2) is 47.7 Å². The maximum absolute atomic E-state index is 5.90. The van der Waals surface area contributed by atoms with Gasteiger partial charge in [0.2, 0.25) is 5.88 Å². The van der Waals surface area contributed by atoms with Gasteiger partial charge in [-0.3, -0.25) is 0 Å². The van der Waals surface area contributed by atoms with Crippen molar-refractivity contribution < 1.29 is 4.74 Å². The van der Waals surface area contributed by atoms with Crippen LogP contribution < -0.4 is 10.1 Å². The van der Waals surface area contributed by atoms with E-state index < -0.39 is 0 Å². The topological polar surface area (TPSA) is 50.3 Å². The molecule has 2 heterocycles. The Morgan fingerprint density at radius 3 is 3.00 bits per heavy atom. The van der Waals surface area contributed by atoms with E-state index in [9.17, 15) is 0 Å². The monoisotopic (exact) mass is 264 g/mol. The summed E-state index contributed by atoms with van der Waals surface area (Å²) in [4.78, 5) is 10.8. The van der Waals surface area contributed by atoms with Crippen LogP contribution in [-0.2, 0) is 0 Å². The molecule has 0 radical (unpaired) electrons. The first kappa shape index (κ1) is 14.1. The second-order valence-corrected chi connectivity index (χ2v) is 5.12. The molecule has 106 valence electrons. The molecule has 0 aromatic carbocycles. The lowest BCUT2D eigenvalue weighted by Gasteiger charge is -2.32. The van der Waals surface area contributed by atoms with Gasteiger partial charge in [0.05, 0.1) is 5.56 Å². The standard InChI is InChI=1S/C14H24N4O/c1-4-15-13-11(2)14(17-10-16-13)19-9-12-7-5-6-8-18(12)3/h10,12H,4-9H2,1-3H3,(H,15,16,17). The molecule has 0 amide bonds. The van der Waals surface area contributed by atoms with Gasteiger partial charge in [-0.05, 0) is 40.3 Å². The number of hydrogen-bond donors (Lipinski definition) is 1. The molecule has 5 nitrogen and oxygen atoms in total. The van der Waals surface area contributed by atoms with Crippen LogP contribution in [0.15, 0.2) is 6.33 Å². The molecular formula is C14H24N4O. The Kier molecular flexibility index (Phi) is 4.96. The van der Waals surface area contributed by atoms with Crippen LogP contribution in [0.3, 0.4) is 0 Å². The molecule has 1 atom stereocenters. The Morgan fingerprint density at radius 2 is 2.26 bits per heavy atom. The fourth-order valence-electron chi connectivity index (χ4n) is 2.45. The molecule has 1 aliphatic rings. The molecule has 1 N–H and O–H groups in total. The Hall–Kier alpha value is -1.36. The third kappa shape index (κ3) is 3.56. The Balaban J connectivity index is 1.97. The van der Waals surface area contributed by atoms with E-state index in [2.05, 4.69) is 34.2 Å². The van der Waals surface area contributed by atoms with Gasteiger partial charge in [0, 0.05) is 12.6 Å². The van der Waals surface area contributed by atoms with E-state index in [1.54, 1.807) is 6.33 Å². The van der Waals surface area contributed by atoms with Crippen molar-refractivity contribution in [2.45, 2.75) is 39.2 Å². The molecule has 0 saturated carbocycles. The summed E-state index contributed by atoms with van der Waals surface area (Å²) in [6, 6.07) is 0.505. The minimum Gasteiger partial charge on any atom is -0.476 e. The molecule has 1 aromatic rings. The second-order valence-electron chi connectivity index (χ2n) is 5.12. The van der Waals surface area contributed by atoms with Crippen LogP contribution in [0.25, 0.3) is 0 Å². The highest BCUT2D eigenvalue weighted by atomic mass is 16.5. The summed E-state index contributed by atoms with van der Waals surface area (Å²) in [5, 5.41) is 3.22. The van der Waals surface area contributed by atoms with Gasteiger partial charge in [0.25, 0.3) is 0 Å². The fraction of sp³-hybridized carbons (Fsp3) is 0.714. The first-order valence-corrected chi connectivity index (χ1v) is 7.11. The second kappa shape index (κ2) is 6.70. The van der Waals surface area contributed by atoms with Crippen molar-refractivity contribution in [3.8, 4) is 5.88 Å². The number of aromatic nitrogens is 2. The van der Waals surface area contributed by atoms with E-state index >= 15 is 0 Å². The summed E-state index contributed by atoms with van der Waals surface area (Å²) in [7, 11) is 2.17. The molecule has 1 saturated heterocycles. The minimum absolute atomic E-state index is 0.505. The highest BCUT2D eigenvalue weighted by Crippen LogP contribution is 2.22. The Bertz CT molecular complexity index is 410. The molecule has 0 aliphatic carbocycles. The molecule has 0 spiro atoms. The third-order valence-corrected chi connectivity index (χ3v) is 3.72. The summed E-state index contributed by atoms with van der Waals surface area (Å²) < 4.78 is 5.90. The van der Waals surface area contributed by atoms with Crippen molar-refractivity contribution in [1.29, 1.82) is 0 Å². The number of piperidine rings is 1. The Morgan fingerprint density at radius 1 is 1.42 bits per heavy atom. The van der Waals surface area contributed by atoms with E-state index in [4.69, 9.17) is 4.74 Å². The molecular weight excluding hydrogens is 240 g/mol. The lowest BCUT2D eigenvalue weighted by atomic mass is 10.0. The largest absolute Gasteiger partial charge is 0.476 e. The predicted octanol–water partition coefficient (Wildman–Crippen LogP) is 2.08. The van der Waals surface area contributed by atoms with Crippen LogP contribution in [0.4, 0.5) is 5.82 Å². The molecule has 1 fully saturated rings. The van der Waals surface area contributed by atoms with Gasteiger partial charge >= 0.3 is 0 Å². The van der Waals surface area contributed by atoms with Crippen molar-refractivity contribution in [2.24, 2.45) is 0 Å². The zero-order chi connectivity index (χ0) is 13.7. The first-order valence-electron chi connectivity index (χ1n) is 7.11. The van der Waals surface area contributed by atoms with Crippen LogP contribution in [0, 0.1) is 6.92 Å². The lowest BCUT2D eigenvalue weighted by Crippen LogP contribution is -2.40. The molecule has 0 bridgehead atoms. The smallest absolute Gasteiger partial charge is 0.221 e. The first-order chi connectivity index (χ1) is 9.22. The van der Waals surface area contributed by atoms with Gasteiger partial charge in [-0.1, -0.05) is 6.42 Å². The number of likely N-dealkylation sites (tertiary alicyclic amines) is 1. The lowest BCUT2D eigenvalue weighted by molar-refractivity contribution is 0.122. The summed E-state index contributed by atoms with van der Waals surface area (Å²) in [5.74, 6) is 1.56. The van der Waals surface area contributed by atoms with Crippen molar-refractivity contribution >= 4 is 5.82 Å². The minimum atomic E-state index is 0.505. The fourth-order valence-corrected chi connectivity index (χ4v) is 2.45. The van der Waals surface area contributed by atoms with Crippen LogP contribution in [0.1, 0.15) is 31.7 Å². The van der Waals surface area contributed by atoms with Gasteiger partial charge in [-0.25, -0.2) is 9.97 Å². The zero-order valence-electron chi connectivity index (χ0n) is 12.1. The van der Waals surface area contributed by atoms with Crippen molar-refractivity contribution in [2.75, 3.05) is 32.1 Å². The number of likely N-dealkylation sites (N-methyl/N-ethyl adjacent to an activating group) is 1. The van der Waals surface area contributed by atoms with E-state index in [0.717, 1.165) is 17.9 Å². The van der Waals surface area contributed by atoms with E-state index in [1.807, 2.05) is 6.92 Å². The SMILES string of the molecule is CCNc1ncnc(OCC2CCCCN2C)c1C. The van der Waals surface area contributed by atoms with Gasteiger partial charge in [0.15, 0.2) is 0 Å². The highest BCUT2D eigenvalue weighted by Gasteiger charge is 2.20. The van der Waals surface area contributed by atoms with Crippen LogP contribution >= 0.6 is 0 Å². The van der Waals surface area contributed by atoms with E-state index in [1.165, 1.54) is 25.8 Å². The maximum atomic E-state index is 5.90. The number of nitrogens with zero attached hydrogens (tertiary/aromatic N) is 3. The predicted molar refractivity (Wildman–Crippen MR) is 76.7 cm³/mol. The van der Waals surface area contributed by atoms with E-state index in [0.29, 0.717) is 18.5 Å².